The van der Waals surface area contributed by atoms with Gasteiger partial charge in [-0.1, -0.05) is 41.7 Å². The maximum Gasteiger partial charge on any atom is 0.338 e. The van der Waals surface area contributed by atoms with E-state index >= 15 is 0 Å². The molecule has 0 saturated carbocycles. The minimum atomic E-state index is -0.629. The van der Waals surface area contributed by atoms with Gasteiger partial charge in [0.25, 0.3) is 5.91 Å². The van der Waals surface area contributed by atoms with Crippen molar-refractivity contribution in [2.45, 2.75) is 13.3 Å². The van der Waals surface area contributed by atoms with Crippen LogP contribution in [0.5, 0.6) is 5.75 Å². The summed E-state index contributed by atoms with van der Waals surface area (Å²) < 4.78 is 10.4. The number of hydrogen-bond acceptors (Lipinski definition) is 4. The van der Waals surface area contributed by atoms with Crippen molar-refractivity contribution in [3.8, 4) is 5.75 Å². The largest absolute Gasteiger partial charge is 0.494 e. The van der Waals surface area contributed by atoms with Crippen LogP contribution in [0.15, 0.2) is 36.4 Å². The third kappa shape index (κ3) is 5.80. The molecule has 2 aromatic carbocycles. The SMILES string of the molecule is CCCOc1ccc(C(=O)OCC(=O)Nc2c(Cl)cc(Cl)cc2Cl)cc1. The van der Waals surface area contributed by atoms with Crippen molar-refractivity contribution in [1.82, 2.24) is 0 Å². The van der Waals surface area contributed by atoms with E-state index in [9.17, 15) is 9.59 Å². The molecule has 0 unspecified atom stereocenters. The number of ether oxygens (including phenoxy) is 2. The zero-order valence-corrected chi connectivity index (χ0v) is 16.1. The van der Waals surface area contributed by atoms with Gasteiger partial charge in [0.05, 0.1) is 27.9 Å². The summed E-state index contributed by atoms with van der Waals surface area (Å²) in [7, 11) is 0. The number of amides is 1. The molecule has 1 N–H and O–H groups in total. The van der Waals surface area contributed by atoms with Crippen LogP contribution >= 0.6 is 34.8 Å². The van der Waals surface area contributed by atoms with Gasteiger partial charge in [-0.05, 0) is 42.8 Å². The van der Waals surface area contributed by atoms with Gasteiger partial charge >= 0.3 is 5.97 Å². The number of hydrogen-bond donors (Lipinski definition) is 1. The summed E-state index contributed by atoms with van der Waals surface area (Å²) in [5.74, 6) is -0.545. The van der Waals surface area contributed by atoms with E-state index in [1.165, 1.54) is 12.1 Å². The topological polar surface area (TPSA) is 64.6 Å². The summed E-state index contributed by atoms with van der Waals surface area (Å²) in [6, 6.07) is 9.35. The van der Waals surface area contributed by atoms with Crippen LogP contribution in [0.4, 0.5) is 5.69 Å². The molecule has 2 rings (SSSR count). The Morgan fingerprint density at radius 3 is 2.23 bits per heavy atom. The van der Waals surface area contributed by atoms with Crippen molar-refractivity contribution < 1.29 is 19.1 Å². The predicted octanol–water partition coefficient (Wildman–Crippen LogP) is 5.23. The molecule has 2 aromatic rings. The first kappa shape index (κ1) is 20.4. The standard InChI is InChI=1S/C18H16Cl3NO4/c1-2-7-25-13-5-3-11(4-6-13)18(24)26-10-16(23)22-17-14(20)8-12(19)9-15(17)21/h3-6,8-9H,2,7,10H2,1H3,(H,22,23). The monoisotopic (exact) mass is 415 g/mol. The zero-order chi connectivity index (χ0) is 19.1. The summed E-state index contributed by atoms with van der Waals surface area (Å²) in [6.45, 7) is 2.11. The van der Waals surface area contributed by atoms with Crippen molar-refractivity contribution in [2.24, 2.45) is 0 Å². The molecule has 0 aliphatic carbocycles. The van der Waals surface area contributed by atoms with Gasteiger partial charge in [-0.2, -0.15) is 0 Å². The van der Waals surface area contributed by atoms with Gasteiger partial charge in [-0.3, -0.25) is 4.79 Å². The number of nitrogens with one attached hydrogen (secondary N) is 1. The molecule has 8 heteroatoms. The van der Waals surface area contributed by atoms with Crippen LogP contribution in [-0.4, -0.2) is 25.1 Å². The molecule has 0 bridgehead atoms. The summed E-state index contributed by atoms with van der Waals surface area (Å²) in [5.41, 5.74) is 0.514. The van der Waals surface area contributed by atoms with Gasteiger partial charge in [0.1, 0.15) is 5.75 Å². The van der Waals surface area contributed by atoms with E-state index in [1.807, 2.05) is 6.92 Å². The molecular formula is C18H16Cl3NO4. The Bertz CT molecular complexity index is 771. The number of carbonyl (C=O) groups excluding carboxylic acids is 2. The highest BCUT2D eigenvalue weighted by Crippen LogP contribution is 2.33. The quantitative estimate of drug-likeness (QED) is 0.628. The Morgan fingerprint density at radius 1 is 1.04 bits per heavy atom. The normalized spacial score (nSPS) is 10.3. The second-order valence-corrected chi connectivity index (χ2v) is 6.49. The second kappa shape index (κ2) is 9.67. The number of esters is 1. The van der Waals surface area contributed by atoms with Crippen LogP contribution < -0.4 is 10.1 Å². The number of anilines is 1. The van der Waals surface area contributed by atoms with Crippen LogP contribution in [0.1, 0.15) is 23.7 Å². The summed E-state index contributed by atoms with van der Waals surface area (Å²) in [6.07, 6.45) is 0.889. The Labute approximate surface area is 166 Å². The molecule has 0 spiro atoms. The van der Waals surface area contributed by atoms with Crippen molar-refractivity contribution in [1.29, 1.82) is 0 Å². The van der Waals surface area contributed by atoms with Crippen molar-refractivity contribution >= 4 is 52.4 Å². The molecule has 0 radical (unpaired) electrons. The minimum Gasteiger partial charge on any atom is -0.494 e. The first-order chi connectivity index (χ1) is 12.4. The molecule has 138 valence electrons. The smallest absolute Gasteiger partial charge is 0.338 e. The fraction of sp³-hybridized carbons (Fsp3) is 0.222. The van der Waals surface area contributed by atoms with Gasteiger partial charge in [0.2, 0.25) is 0 Å². The highest BCUT2D eigenvalue weighted by atomic mass is 35.5. The van der Waals surface area contributed by atoms with Crippen LogP contribution in [0, 0.1) is 0 Å². The fourth-order valence-corrected chi connectivity index (χ4v) is 2.87. The lowest BCUT2D eigenvalue weighted by atomic mass is 10.2. The van der Waals surface area contributed by atoms with E-state index in [1.54, 1.807) is 24.3 Å². The number of carbonyl (C=O) groups is 2. The van der Waals surface area contributed by atoms with E-state index in [4.69, 9.17) is 44.3 Å². The Balaban J connectivity index is 1.90. The van der Waals surface area contributed by atoms with Gasteiger partial charge in [-0.15, -0.1) is 0 Å². The highest BCUT2D eigenvalue weighted by Gasteiger charge is 2.14. The zero-order valence-electron chi connectivity index (χ0n) is 13.9. The van der Waals surface area contributed by atoms with Crippen LogP contribution in [0.3, 0.4) is 0 Å². The molecule has 0 heterocycles. The summed E-state index contributed by atoms with van der Waals surface area (Å²) in [4.78, 5) is 23.9. The first-order valence-electron chi connectivity index (χ1n) is 7.75. The summed E-state index contributed by atoms with van der Waals surface area (Å²) in [5, 5.41) is 3.20. The van der Waals surface area contributed by atoms with Gasteiger partial charge < -0.3 is 14.8 Å². The third-order valence-electron chi connectivity index (χ3n) is 3.17. The maximum absolute atomic E-state index is 12.0. The van der Waals surface area contributed by atoms with Crippen molar-refractivity contribution in [2.75, 3.05) is 18.5 Å². The lowest BCUT2D eigenvalue weighted by molar-refractivity contribution is -0.119. The number of benzene rings is 2. The van der Waals surface area contributed by atoms with Crippen molar-refractivity contribution in [3.05, 3.63) is 57.0 Å². The van der Waals surface area contributed by atoms with Gasteiger partial charge in [0, 0.05) is 5.02 Å². The van der Waals surface area contributed by atoms with E-state index in [0.717, 1.165) is 6.42 Å². The maximum atomic E-state index is 12.0. The molecule has 0 aliphatic rings. The highest BCUT2D eigenvalue weighted by molar-refractivity contribution is 6.42. The molecule has 0 atom stereocenters. The average Bonchev–Trinajstić information content (AvgIpc) is 2.61. The molecule has 0 aliphatic heterocycles. The fourth-order valence-electron chi connectivity index (χ4n) is 1.96. The van der Waals surface area contributed by atoms with Crippen LogP contribution in [0.2, 0.25) is 15.1 Å². The second-order valence-electron chi connectivity index (χ2n) is 5.24. The number of halogens is 3. The summed E-state index contributed by atoms with van der Waals surface area (Å²) >= 11 is 17.8. The molecule has 0 fully saturated rings. The van der Waals surface area contributed by atoms with E-state index in [2.05, 4.69) is 5.32 Å². The van der Waals surface area contributed by atoms with Crippen molar-refractivity contribution in [3.63, 3.8) is 0 Å². The Hall–Kier alpha value is -1.95. The van der Waals surface area contributed by atoms with Crippen LogP contribution in [-0.2, 0) is 9.53 Å². The van der Waals surface area contributed by atoms with E-state index in [0.29, 0.717) is 22.9 Å². The molecule has 26 heavy (non-hydrogen) atoms. The van der Waals surface area contributed by atoms with Gasteiger partial charge in [0.15, 0.2) is 6.61 Å². The van der Waals surface area contributed by atoms with E-state index in [-0.39, 0.29) is 15.7 Å². The van der Waals surface area contributed by atoms with E-state index < -0.39 is 18.5 Å². The predicted molar refractivity (Wildman–Crippen MR) is 103 cm³/mol. The molecule has 0 saturated heterocycles. The Kier molecular flexibility index (Phi) is 7.57. The molecule has 5 nitrogen and oxygen atoms in total. The lowest BCUT2D eigenvalue weighted by Gasteiger charge is -2.10. The molecule has 1 amide bonds. The van der Waals surface area contributed by atoms with Crippen LogP contribution in [0.25, 0.3) is 0 Å². The third-order valence-corrected chi connectivity index (χ3v) is 3.98. The first-order valence-corrected chi connectivity index (χ1v) is 8.88. The number of rotatable bonds is 7. The lowest BCUT2D eigenvalue weighted by Crippen LogP contribution is -2.21. The average molecular weight is 417 g/mol. The molecule has 0 aromatic heterocycles. The molecular weight excluding hydrogens is 401 g/mol. The Morgan fingerprint density at radius 2 is 1.65 bits per heavy atom. The van der Waals surface area contributed by atoms with Gasteiger partial charge in [-0.25, -0.2) is 4.79 Å². The minimum absolute atomic E-state index is 0.185.